The summed E-state index contributed by atoms with van der Waals surface area (Å²) in [6.45, 7) is 2.02. The Hall–Kier alpha value is -2.32. The largest absolute Gasteiger partial charge is 0.461 e. The molecule has 9 heteroatoms. The van der Waals surface area contributed by atoms with Crippen LogP contribution in [-0.4, -0.2) is 41.6 Å². The molecule has 32 heavy (non-hydrogen) atoms. The van der Waals surface area contributed by atoms with Crippen LogP contribution in [0.1, 0.15) is 69.0 Å². The van der Waals surface area contributed by atoms with Crippen LogP contribution >= 0.6 is 0 Å². The predicted molar refractivity (Wildman–Crippen MR) is 110 cm³/mol. The van der Waals surface area contributed by atoms with E-state index in [1.54, 1.807) is 4.90 Å². The number of aromatic nitrogens is 1. The van der Waals surface area contributed by atoms with Crippen molar-refractivity contribution in [3.8, 4) is 0 Å². The Balaban J connectivity index is 1.24. The van der Waals surface area contributed by atoms with Gasteiger partial charge < -0.3 is 14.4 Å². The van der Waals surface area contributed by atoms with E-state index < -0.39 is 11.9 Å². The summed E-state index contributed by atoms with van der Waals surface area (Å²) < 4.78 is 48.1. The second-order valence-electron chi connectivity index (χ2n) is 8.76. The number of likely N-dealkylation sites (tertiary alicyclic amines) is 1. The van der Waals surface area contributed by atoms with Gasteiger partial charge in [-0.1, -0.05) is 18.9 Å². The quantitative estimate of drug-likeness (QED) is 0.493. The molecule has 2 aliphatic rings. The molecule has 0 N–H and O–H groups in total. The van der Waals surface area contributed by atoms with E-state index in [9.17, 15) is 22.8 Å². The molecular weight excluding hydrogens is 425 g/mol. The first-order valence-corrected chi connectivity index (χ1v) is 11.4. The van der Waals surface area contributed by atoms with Crippen LogP contribution in [0.5, 0.6) is 0 Å². The average molecular weight is 457 g/mol. The zero-order valence-electron chi connectivity index (χ0n) is 18.2. The van der Waals surface area contributed by atoms with E-state index in [-0.39, 0.29) is 18.7 Å². The number of rotatable bonds is 8. The fourth-order valence-corrected chi connectivity index (χ4v) is 4.32. The maximum Gasteiger partial charge on any atom is 0.433 e. The number of ether oxygens (including phenoxy) is 2. The summed E-state index contributed by atoms with van der Waals surface area (Å²) in [5.74, 6) is 0.625. The second kappa shape index (κ2) is 11.5. The fraction of sp³-hybridized carbons (Fsp3) is 0.696. The molecule has 1 amide bonds. The highest BCUT2D eigenvalue weighted by Gasteiger charge is 2.32. The summed E-state index contributed by atoms with van der Waals surface area (Å²) in [7, 11) is 0. The van der Waals surface area contributed by atoms with Gasteiger partial charge in [0.25, 0.3) is 0 Å². The van der Waals surface area contributed by atoms with Gasteiger partial charge in [-0.15, -0.1) is 0 Å². The SMILES string of the molecule is O=C(CCCC1CCC(COC(=O)N2CCCC2)CC1)OCc1ccc(C(F)(F)F)nc1. The first-order valence-electron chi connectivity index (χ1n) is 11.4. The highest BCUT2D eigenvalue weighted by Crippen LogP contribution is 2.32. The number of pyridine rings is 1. The molecule has 3 rings (SSSR count). The third-order valence-corrected chi connectivity index (χ3v) is 6.28. The van der Waals surface area contributed by atoms with Crippen LogP contribution in [0.3, 0.4) is 0 Å². The van der Waals surface area contributed by atoms with E-state index in [0.717, 1.165) is 76.7 Å². The summed E-state index contributed by atoms with van der Waals surface area (Å²) in [4.78, 5) is 29.0. The number of carbonyl (C=O) groups excluding carboxylic acids is 2. The fourth-order valence-electron chi connectivity index (χ4n) is 4.32. The number of nitrogens with zero attached hydrogens (tertiary/aromatic N) is 2. The van der Waals surface area contributed by atoms with E-state index in [4.69, 9.17) is 9.47 Å². The third kappa shape index (κ3) is 7.67. The summed E-state index contributed by atoms with van der Waals surface area (Å²) in [6.07, 6.45) is 4.68. The minimum absolute atomic E-state index is 0.0781. The molecule has 6 nitrogen and oxygen atoms in total. The average Bonchev–Trinajstić information content (AvgIpc) is 3.32. The highest BCUT2D eigenvalue weighted by molar-refractivity contribution is 5.69. The number of hydrogen-bond acceptors (Lipinski definition) is 5. The molecule has 0 radical (unpaired) electrons. The van der Waals surface area contributed by atoms with Crippen molar-refractivity contribution in [2.24, 2.45) is 11.8 Å². The van der Waals surface area contributed by atoms with Gasteiger partial charge in [-0.05, 0) is 56.4 Å². The Morgan fingerprint density at radius 2 is 1.72 bits per heavy atom. The topological polar surface area (TPSA) is 68.7 Å². The molecule has 1 aliphatic carbocycles. The van der Waals surface area contributed by atoms with Crippen molar-refractivity contribution >= 4 is 12.1 Å². The molecule has 2 heterocycles. The maximum atomic E-state index is 12.5. The first-order chi connectivity index (χ1) is 15.3. The van der Waals surface area contributed by atoms with Crippen LogP contribution in [0.4, 0.5) is 18.0 Å². The lowest BCUT2D eigenvalue weighted by atomic mass is 9.80. The summed E-state index contributed by atoms with van der Waals surface area (Å²) in [5, 5.41) is 0. The number of esters is 1. The molecular formula is C23H31F3N2O4. The number of amides is 1. The van der Waals surface area contributed by atoms with Crippen molar-refractivity contribution in [3.05, 3.63) is 29.6 Å². The predicted octanol–water partition coefficient (Wildman–Crippen LogP) is 5.35. The Morgan fingerprint density at radius 1 is 1.03 bits per heavy atom. The number of carbonyl (C=O) groups is 2. The lowest BCUT2D eigenvalue weighted by molar-refractivity contribution is -0.145. The van der Waals surface area contributed by atoms with E-state index in [0.29, 0.717) is 30.4 Å². The van der Waals surface area contributed by atoms with Gasteiger partial charge >= 0.3 is 18.2 Å². The van der Waals surface area contributed by atoms with Crippen molar-refractivity contribution in [3.63, 3.8) is 0 Å². The Kier molecular flexibility index (Phi) is 8.75. The van der Waals surface area contributed by atoms with Crippen LogP contribution in [0, 0.1) is 11.8 Å². The van der Waals surface area contributed by atoms with Crippen LogP contribution in [0.25, 0.3) is 0 Å². The van der Waals surface area contributed by atoms with Crippen LogP contribution < -0.4 is 0 Å². The van der Waals surface area contributed by atoms with Crippen molar-refractivity contribution in [1.29, 1.82) is 0 Å². The number of alkyl halides is 3. The lowest BCUT2D eigenvalue weighted by Gasteiger charge is -2.28. The van der Waals surface area contributed by atoms with Gasteiger partial charge in [0.2, 0.25) is 0 Å². The van der Waals surface area contributed by atoms with Crippen LogP contribution in [-0.2, 0) is 27.1 Å². The van der Waals surface area contributed by atoms with E-state index in [1.165, 1.54) is 6.07 Å². The minimum Gasteiger partial charge on any atom is -0.461 e. The lowest BCUT2D eigenvalue weighted by Crippen LogP contribution is -2.30. The smallest absolute Gasteiger partial charge is 0.433 e. The van der Waals surface area contributed by atoms with Crippen molar-refractivity contribution in [1.82, 2.24) is 9.88 Å². The van der Waals surface area contributed by atoms with E-state index in [1.807, 2.05) is 0 Å². The van der Waals surface area contributed by atoms with Gasteiger partial charge in [0.15, 0.2) is 0 Å². The van der Waals surface area contributed by atoms with Crippen molar-refractivity contribution < 1.29 is 32.2 Å². The summed E-state index contributed by atoms with van der Waals surface area (Å²) in [5.41, 5.74) is -0.540. The zero-order valence-corrected chi connectivity index (χ0v) is 18.2. The summed E-state index contributed by atoms with van der Waals surface area (Å²) >= 11 is 0. The molecule has 1 aromatic rings. The monoisotopic (exact) mass is 456 g/mol. The minimum atomic E-state index is -4.48. The van der Waals surface area contributed by atoms with E-state index >= 15 is 0 Å². The molecule has 0 bridgehead atoms. The van der Waals surface area contributed by atoms with Gasteiger partial charge in [0, 0.05) is 31.3 Å². The molecule has 178 valence electrons. The molecule has 0 unspecified atom stereocenters. The maximum absolute atomic E-state index is 12.5. The Labute approximate surface area is 186 Å². The molecule has 1 saturated carbocycles. The highest BCUT2D eigenvalue weighted by atomic mass is 19.4. The van der Waals surface area contributed by atoms with Crippen LogP contribution in [0.2, 0.25) is 0 Å². The van der Waals surface area contributed by atoms with Gasteiger partial charge in [-0.25, -0.2) is 4.79 Å². The normalized spacial score (nSPS) is 21.4. The second-order valence-corrected chi connectivity index (χ2v) is 8.76. The molecule has 1 saturated heterocycles. The zero-order chi connectivity index (χ0) is 23.0. The third-order valence-electron chi connectivity index (χ3n) is 6.28. The first kappa shape index (κ1) is 24.3. The van der Waals surface area contributed by atoms with E-state index in [2.05, 4.69) is 4.98 Å². The number of hydrogen-bond donors (Lipinski definition) is 0. The van der Waals surface area contributed by atoms with Gasteiger partial charge in [0.05, 0.1) is 6.61 Å². The van der Waals surface area contributed by atoms with Crippen LogP contribution in [0.15, 0.2) is 18.3 Å². The van der Waals surface area contributed by atoms with Gasteiger partial charge in [-0.3, -0.25) is 9.78 Å². The molecule has 2 fully saturated rings. The molecule has 0 spiro atoms. The van der Waals surface area contributed by atoms with Gasteiger partial charge in [0.1, 0.15) is 12.3 Å². The number of halogens is 3. The molecule has 0 aromatic carbocycles. The summed E-state index contributed by atoms with van der Waals surface area (Å²) in [6, 6.07) is 2.15. The Morgan fingerprint density at radius 3 is 2.34 bits per heavy atom. The Bertz CT molecular complexity index is 741. The van der Waals surface area contributed by atoms with Crippen molar-refractivity contribution in [2.75, 3.05) is 19.7 Å². The molecule has 1 aromatic heterocycles. The van der Waals surface area contributed by atoms with Gasteiger partial charge in [-0.2, -0.15) is 13.2 Å². The van der Waals surface area contributed by atoms with Crippen molar-refractivity contribution in [2.45, 2.75) is 70.6 Å². The molecule has 1 aliphatic heterocycles. The standard InChI is InChI=1S/C23H31F3N2O4/c24-23(25,26)20-11-10-19(14-27-20)16-31-21(29)5-3-4-17-6-8-18(9-7-17)15-32-22(30)28-12-1-2-13-28/h10-11,14,17-18H,1-9,12-13,15-16H2. The molecule has 0 atom stereocenters.